The van der Waals surface area contributed by atoms with E-state index in [1.165, 1.54) is 23.9 Å². The molecule has 4 nitrogen and oxygen atoms in total. The van der Waals surface area contributed by atoms with Crippen LogP contribution in [-0.4, -0.2) is 21.8 Å². The zero-order valence-corrected chi connectivity index (χ0v) is 15.4. The van der Waals surface area contributed by atoms with Crippen LogP contribution in [0.2, 0.25) is 0 Å². The Bertz CT molecular complexity index is 975. The monoisotopic (exact) mass is 370 g/mol. The molecule has 0 spiro atoms. The van der Waals surface area contributed by atoms with Gasteiger partial charge in [0.1, 0.15) is 22.1 Å². The Balaban J connectivity index is 1.98. The number of nitrogens with one attached hydrogen (secondary N) is 1. The molecule has 0 saturated carbocycles. The number of halogens is 1. The molecule has 0 fully saturated rings. The second kappa shape index (κ2) is 7.74. The van der Waals surface area contributed by atoms with Crippen LogP contribution < -0.4 is 5.32 Å². The van der Waals surface area contributed by atoms with Crippen LogP contribution in [0.5, 0.6) is 5.75 Å². The number of pyridine rings is 1. The summed E-state index contributed by atoms with van der Waals surface area (Å²) in [7, 11) is 0. The number of benzene rings is 2. The first-order valence-corrected chi connectivity index (χ1v) is 9.27. The van der Waals surface area contributed by atoms with Gasteiger partial charge in [-0.2, -0.15) is 0 Å². The molecule has 1 amide bonds. The van der Waals surface area contributed by atoms with Gasteiger partial charge in [-0.1, -0.05) is 31.2 Å². The highest BCUT2D eigenvalue weighted by molar-refractivity contribution is 7.99. The minimum atomic E-state index is -0.335. The molecule has 0 aliphatic heterocycles. The predicted molar refractivity (Wildman–Crippen MR) is 102 cm³/mol. The number of phenolic OH excluding ortho intramolecular Hbond substituents is 1. The predicted octanol–water partition coefficient (Wildman–Crippen LogP) is 4.43. The van der Waals surface area contributed by atoms with Crippen LogP contribution >= 0.6 is 11.8 Å². The van der Waals surface area contributed by atoms with Crippen LogP contribution in [-0.2, 0) is 6.54 Å². The van der Waals surface area contributed by atoms with Gasteiger partial charge in [-0.15, -0.1) is 11.8 Å². The fourth-order valence-electron chi connectivity index (χ4n) is 2.83. The van der Waals surface area contributed by atoms with Crippen LogP contribution in [0.4, 0.5) is 4.39 Å². The number of amides is 1. The first-order valence-electron chi connectivity index (χ1n) is 8.29. The molecule has 2 N–H and O–H groups in total. The van der Waals surface area contributed by atoms with Crippen molar-refractivity contribution in [3.63, 3.8) is 0 Å². The minimum Gasteiger partial charge on any atom is -0.506 e. The summed E-state index contributed by atoms with van der Waals surface area (Å²) < 4.78 is 13.3. The molecule has 0 aliphatic rings. The van der Waals surface area contributed by atoms with Gasteiger partial charge < -0.3 is 10.4 Å². The third kappa shape index (κ3) is 3.65. The van der Waals surface area contributed by atoms with E-state index in [4.69, 9.17) is 0 Å². The molecule has 0 aliphatic carbocycles. The molecule has 3 rings (SSSR count). The first-order chi connectivity index (χ1) is 12.5. The molecular formula is C20H19FN2O2S. The molecule has 6 heteroatoms. The van der Waals surface area contributed by atoms with Crippen LogP contribution in [0.1, 0.15) is 28.4 Å². The van der Waals surface area contributed by atoms with Crippen molar-refractivity contribution < 1.29 is 14.3 Å². The highest BCUT2D eigenvalue weighted by Crippen LogP contribution is 2.32. The maximum absolute atomic E-state index is 13.3. The number of carbonyl (C=O) groups excluding carboxylic acids is 1. The molecule has 0 unspecified atom stereocenters. The SMILES string of the molecule is CCSc1nc2c(O)cccc2c(C)c1C(=O)NCc1cccc(F)c1. The van der Waals surface area contributed by atoms with Gasteiger partial charge in [0.15, 0.2) is 0 Å². The van der Waals surface area contributed by atoms with E-state index in [0.29, 0.717) is 21.7 Å². The Hall–Kier alpha value is -2.60. The second-order valence-electron chi connectivity index (χ2n) is 5.84. The normalized spacial score (nSPS) is 10.9. The molecule has 0 atom stereocenters. The number of nitrogens with zero attached hydrogens (tertiary/aromatic N) is 1. The number of thioether (sulfide) groups is 1. The van der Waals surface area contributed by atoms with Gasteiger partial charge in [0.25, 0.3) is 5.91 Å². The van der Waals surface area contributed by atoms with E-state index >= 15 is 0 Å². The van der Waals surface area contributed by atoms with Gasteiger partial charge in [-0.3, -0.25) is 4.79 Å². The zero-order chi connectivity index (χ0) is 18.7. The summed E-state index contributed by atoms with van der Waals surface area (Å²) in [5.74, 6) is 0.240. The summed E-state index contributed by atoms with van der Waals surface area (Å²) >= 11 is 1.45. The Morgan fingerprint density at radius 3 is 2.77 bits per heavy atom. The van der Waals surface area contributed by atoms with E-state index in [0.717, 1.165) is 16.7 Å². The third-order valence-corrected chi connectivity index (χ3v) is 4.93. The molecule has 26 heavy (non-hydrogen) atoms. The smallest absolute Gasteiger partial charge is 0.254 e. The number of fused-ring (bicyclic) bond motifs is 1. The zero-order valence-electron chi connectivity index (χ0n) is 14.5. The van der Waals surface area contributed by atoms with E-state index in [2.05, 4.69) is 10.3 Å². The third-order valence-electron chi connectivity index (χ3n) is 4.07. The quantitative estimate of drug-likeness (QED) is 0.652. The van der Waals surface area contributed by atoms with Crippen LogP contribution in [0.25, 0.3) is 10.9 Å². The van der Waals surface area contributed by atoms with Gasteiger partial charge in [0.05, 0.1) is 5.56 Å². The highest BCUT2D eigenvalue weighted by atomic mass is 32.2. The number of hydrogen-bond donors (Lipinski definition) is 2. The van der Waals surface area contributed by atoms with Gasteiger partial charge in [0.2, 0.25) is 0 Å². The fourth-order valence-corrected chi connectivity index (χ4v) is 3.65. The fraction of sp³-hybridized carbons (Fsp3) is 0.200. The number of aryl methyl sites for hydroxylation is 1. The summed E-state index contributed by atoms with van der Waals surface area (Å²) in [6.45, 7) is 4.05. The highest BCUT2D eigenvalue weighted by Gasteiger charge is 2.20. The molecule has 3 aromatic rings. The van der Waals surface area contributed by atoms with E-state index in [-0.39, 0.29) is 24.0 Å². The Morgan fingerprint density at radius 2 is 2.04 bits per heavy atom. The molecule has 1 heterocycles. The average Bonchev–Trinajstić information content (AvgIpc) is 2.61. The number of aromatic hydroxyl groups is 1. The minimum absolute atomic E-state index is 0.0928. The molecule has 134 valence electrons. The van der Waals surface area contributed by atoms with E-state index in [1.807, 2.05) is 19.9 Å². The average molecular weight is 370 g/mol. The Labute approximate surface area is 155 Å². The van der Waals surface area contributed by atoms with Crippen LogP contribution in [0, 0.1) is 12.7 Å². The van der Waals surface area contributed by atoms with E-state index in [1.54, 1.807) is 24.3 Å². The van der Waals surface area contributed by atoms with E-state index < -0.39 is 0 Å². The number of phenols is 1. The van der Waals surface area contributed by atoms with E-state index in [9.17, 15) is 14.3 Å². The Kier molecular flexibility index (Phi) is 5.42. The summed E-state index contributed by atoms with van der Waals surface area (Å²) in [6, 6.07) is 11.3. The molecule has 0 radical (unpaired) electrons. The van der Waals surface area contributed by atoms with Crippen molar-refractivity contribution in [3.05, 3.63) is 65.0 Å². The lowest BCUT2D eigenvalue weighted by Crippen LogP contribution is -2.25. The largest absolute Gasteiger partial charge is 0.506 e. The van der Waals surface area contributed by atoms with Crippen molar-refractivity contribution in [1.82, 2.24) is 10.3 Å². The van der Waals surface area contributed by atoms with Gasteiger partial charge in [0, 0.05) is 11.9 Å². The molecular weight excluding hydrogens is 351 g/mol. The van der Waals surface area contributed by atoms with Gasteiger partial charge in [-0.05, 0) is 42.0 Å². The second-order valence-corrected chi connectivity index (χ2v) is 7.09. The first kappa shape index (κ1) is 18.2. The Morgan fingerprint density at radius 1 is 1.27 bits per heavy atom. The maximum atomic E-state index is 13.3. The standard InChI is InChI=1S/C20H19FN2O2S/c1-3-26-20-17(12(2)15-8-5-9-16(24)18(15)23-20)19(25)22-11-13-6-4-7-14(21)10-13/h4-10,24H,3,11H2,1-2H3,(H,22,25). The lowest BCUT2D eigenvalue weighted by atomic mass is 10.0. The lowest BCUT2D eigenvalue weighted by Gasteiger charge is -2.14. The van der Waals surface area contributed by atoms with Crippen molar-refractivity contribution in [2.45, 2.75) is 25.4 Å². The summed E-state index contributed by atoms with van der Waals surface area (Å²) in [5.41, 5.74) is 2.43. The number of hydrogen-bond acceptors (Lipinski definition) is 4. The van der Waals surface area contributed by atoms with Crippen molar-refractivity contribution in [3.8, 4) is 5.75 Å². The van der Waals surface area contributed by atoms with Crippen LogP contribution in [0.3, 0.4) is 0 Å². The van der Waals surface area contributed by atoms with Crippen molar-refractivity contribution in [1.29, 1.82) is 0 Å². The van der Waals surface area contributed by atoms with Gasteiger partial charge in [-0.25, -0.2) is 9.37 Å². The number of para-hydroxylation sites is 1. The number of aromatic nitrogens is 1. The lowest BCUT2D eigenvalue weighted by molar-refractivity contribution is 0.0946. The number of rotatable bonds is 5. The molecule has 0 saturated heterocycles. The van der Waals surface area contributed by atoms with Crippen molar-refractivity contribution in [2.75, 3.05) is 5.75 Å². The maximum Gasteiger partial charge on any atom is 0.254 e. The van der Waals surface area contributed by atoms with Crippen molar-refractivity contribution >= 4 is 28.6 Å². The van der Waals surface area contributed by atoms with Gasteiger partial charge >= 0.3 is 0 Å². The molecule has 2 aromatic carbocycles. The summed E-state index contributed by atoms with van der Waals surface area (Å²) in [5, 5.41) is 14.2. The van der Waals surface area contributed by atoms with Crippen molar-refractivity contribution in [2.24, 2.45) is 0 Å². The summed E-state index contributed by atoms with van der Waals surface area (Å²) in [4.78, 5) is 17.3. The molecule has 1 aromatic heterocycles. The molecule has 0 bridgehead atoms. The van der Waals surface area contributed by atoms with Crippen LogP contribution in [0.15, 0.2) is 47.5 Å². The summed E-state index contributed by atoms with van der Waals surface area (Å²) in [6.07, 6.45) is 0. The number of carbonyl (C=O) groups is 1. The topological polar surface area (TPSA) is 62.2 Å².